The lowest BCUT2D eigenvalue weighted by Gasteiger charge is -2.25. The third-order valence-electron chi connectivity index (χ3n) is 5.03. The highest BCUT2D eigenvalue weighted by Crippen LogP contribution is 2.37. The van der Waals surface area contributed by atoms with Crippen LogP contribution in [0, 0.1) is 17.5 Å². The second kappa shape index (κ2) is 7.84. The van der Waals surface area contributed by atoms with E-state index in [-0.39, 0.29) is 29.1 Å². The minimum atomic E-state index is -4.65. The van der Waals surface area contributed by atoms with Gasteiger partial charge in [-0.15, -0.1) is 10.2 Å². The Hall–Kier alpha value is -3.14. The van der Waals surface area contributed by atoms with Gasteiger partial charge in [-0.1, -0.05) is 0 Å². The van der Waals surface area contributed by atoms with Gasteiger partial charge in [0.1, 0.15) is 17.5 Å². The predicted octanol–water partition coefficient (Wildman–Crippen LogP) is 5.16. The summed E-state index contributed by atoms with van der Waals surface area (Å²) in [6.45, 7) is 1.03. The standard InChI is InChI=1S/C21H16F6N4/c1-30-6-7-31(14-9-12(22)8-13(23)10-14)18-4-2-15(20(24)16(18)11-30)17-3-5-19(29-28-17)21(25,26)27/h2-5,8-10H,6-7,11H2,1H3. The van der Waals surface area contributed by atoms with E-state index in [0.717, 1.165) is 30.3 Å². The van der Waals surface area contributed by atoms with Crippen LogP contribution in [0.2, 0.25) is 0 Å². The Labute approximate surface area is 173 Å². The molecule has 3 aromatic rings. The third kappa shape index (κ3) is 4.20. The van der Waals surface area contributed by atoms with Gasteiger partial charge in [0, 0.05) is 48.2 Å². The van der Waals surface area contributed by atoms with Gasteiger partial charge in [-0.25, -0.2) is 13.2 Å². The maximum atomic E-state index is 15.5. The molecule has 10 heteroatoms. The smallest absolute Gasteiger partial charge is 0.340 e. The van der Waals surface area contributed by atoms with Crippen molar-refractivity contribution in [3.8, 4) is 11.3 Å². The Kier molecular flexibility index (Phi) is 5.34. The number of rotatable bonds is 2. The van der Waals surface area contributed by atoms with E-state index in [1.54, 1.807) is 18.0 Å². The summed E-state index contributed by atoms with van der Waals surface area (Å²) in [7, 11) is 1.77. The highest BCUT2D eigenvalue weighted by molar-refractivity contribution is 5.73. The molecule has 0 radical (unpaired) electrons. The number of aromatic nitrogens is 2. The lowest BCUT2D eigenvalue weighted by molar-refractivity contribution is -0.141. The van der Waals surface area contributed by atoms with E-state index >= 15 is 4.39 Å². The first kappa shape index (κ1) is 21.1. The molecule has 0 saturated carbocycles. The molecule has 0 spiro atoms. The van der Waals surface area contributed by atoms with Gasteiger partial charge < -0.3 is 9.80 Å². The molecular formula is C21H16F6N4. The van der Waals surface area contributed by atoms with Crippen LogP contribution in [0.25, 0.3) is 11.3 Å². The van der Waals surface area contributed by atoms with Crippen LogP contribution in [0.5, 0.6) is 0 Å². The quantitative estimate of drug-likeness (QED) is 0.518. The van der Waals surface area contributed by atoms with Crippen LogP contribution < -0.4 is 4.90 Å². The predicted molar refractivity (Wildman–Crippen MR) is 102 cm³/mol. The lowest BCUT2D eigenvalue weighted by Crippen LogP contribution is -2.26. The van der Waals surface area contributed by atoms with Gasteiger partial charge in [0.15, 0.2) is 5.69 Å². The van der Waals surface area contributed by atoms with E-state index in [1.807, 2.05) is 4.90 Å². The second-order valence-corrected chi connectivity index (χ2v) is 7.24. The molecule has 31 heavy (non-hydrogen) atoms. The van der Waals surface area contributed by atoms with E-state index in [4.69, 9.17) is 0 Å². The number of likely N-dealkylation sites (N-methyl/N-ethyl adjacent to an activating group) is 1. The van der Waals surface area contributed by atoms with Crippen molar-refractivity contribution in [1.82, 2.24) is 15.1 Å². The van der Waals surface area contributed by atoms with Gasteiger partial charge >= 0.3 is 6.18 Å². The first-order valence-corrected chi connectivity index (χ1v) is 9.28. The molecule has 1 aliphatic rings. The molecule has 0 N–H and O–H groups in total. The van der Waals surface area contributed by atoms with Gasteiger partial charge in [-0.05, 0) is 43.4 Å². The van der Waals surface area contributed by atoms with Crippen LogP contribution >= 0.6 is 0 Å². The average Bonchev–Trinajstić information content (AvgIpc) is 2.86. The molecule has 0 amide bonds. The Morgan fingerprint density at radius 2 is 1.58 bits per heavy atom. The summed E-state index contributed by atoms with van der Waals surface area (Å²) in [5.41, 5.74) is -0.357. The molecule has 0 fully saturated rings. The minimum absolute atomic E-state index is 0.0133. The molecule has 4 rings (SSSR count). The van der Waals surface area contributed by atoms with Crippen molar-refractivity contribution in [1.29, 1.82) is 0 Å². The number of benzene rings is 2. The molecule has 1 aromatic heterocycles. The Bertz CT molecular complexity index is 1090. The number of halogens is 6. The van der Waals surface area contributed by atoms with E-state index in [0.29, 0.717) is 18.8 Å². The fourth-order valence-electron chi connectivity index (χ4n) is 3.54. The van der Waals surface area contributed by atoms with Crippen molar-refractivity contribution in [3.05, 3.63) is 71.2 Å². The van der Waals surface area contributed by atoms with E-state index in [9.17, 15) is 22.0 Å². The number of hydrogen-bond acceptors (Lipinski definition) is 4. The number of anilines is 2. The van der Waals surface area contributed by atoms with Crippen LogP contribution in [-0.4, -0.2) is 35.2 Å². The number of fused-ring (bicyclic) bond motifs is 1. The Morgan fingerprint density at radius 3 is 2.19 bits per heavy atom. The molecule has 162 valence electrons. The Morgan fingerprint density at radius 1 is 0.871 bits per heavy atom. The van der Waals surface area contributed by atoms with Crippen LogP contribution in [0.3, 0.4) is 0 Å². The number of alkyl halides is 3. The summed E-state index contributed by atoms with van der Waals surface area (Å²) >= 11 is 0. The topological polar surface area (TPSA) is 32.3 Å². The van der Waals surface area contributed by atoms with Crippen LogP contribution in [0.1, 0.15) is 11.3 Å². The number of nitrogens with zero attached hydrogens (tertiary/aromatic N) is 4. The normalized spacial score (nSPS) is 15.0. The molecule has 0 bridgehead atoms. The fraction of sp³-hybridized carbons (Fsp3) is 0.238. The van der Waals surface area contributed by atoms with Crippen molar-refractivity contribution < 1.29 is 26.3 Å². The van der Waals surface area contributed by atoms with Gasteiger partial charge in [-0.2, -0.15) is 13.2 Å². The Balaban J connectivity index is 1.80. The van der Waals surface area contributed by atoms with E-state index in [1.165, 1.54) is 6.07 Å². The average molecular weight is 438 g/mol. The van der Waals surface area contributed by atoms with E-state index < -0.39 is 29.3 Å². The molecule has 0 aliphatic carbocycles. The molecule has 0 atom stereocenters. The molecule has 0 unspecified atom stereocenters. The molecule has 0 saturated heterocycles. The third-order valence-corrected chi connectivity index (χ3v) is 5.03. The zero-order valence-electron chi connectivity index (χ0n) is 16.2. The maximum absolute atomic E-state index is 15.5. The number of hydrogen-bond donors (Lipinski definition) is 0. The highest BCUT2D eigenvalue weighted by atomic mass is 19.4. The van der Waals surface area contributed by atoms with Gasteiger partial charge in [0.05, 0.1) is 5.69 Å². The molecule has 4 nitrogen and oxygen atoms in total. The van der Waals surface area contributed by atoms with E-state index in [2.05, 4.69) is 10.2 Å². The SMILES string of the molecule is CN1CCN(c2cc(F)cc(F)c2)c2ccc(-c3ccc(C(F)(F)F)nn3)c(F)c2C1. The maximum Gasteiger partial charge on any atom is 0.435 e. The lowest BCUT2D eigenvalue weighted by atomic mass is 10.0. The molecule has 1 aliphatic heterocycles. The van der Waals surface area contributed by atoms with Crippen molar-refractivity contribution in [2.24, 2.45) is 0 Å². The zero-order valence-corrected chi connectivity index (χ0v) is 16.2. The largest absolute Gasteiger partial charge is 0.435 e. The summed E-state index contributed by atoms with van der Waals surface area (Å²) in [5.74, 6) is -2.19. The first-order chi connectivity index (χ1) is 14.6. The van der Waals surface area contributed by atoms with Crippen LogP contribution in [-0.2, 0) is 12.7 Å². The molecule has 2 heterocycles. The molecular weight excluding hydrogens is 422 g/mol. The summed E-state index contributed by atoms with van der Waals surface area (Å²) < 4.78 is 81.2. The summed E-state index contributed by atoms with van der Waals surface area (Å²) in [6.07, 6.45) is -4.65. The minimum Gasteiger partial charge on any atom is -0.340 e. The summed E-state index contributed by atoms with van der Waals surface area (Å²) in [5, 5.41) is 6.68. The fourth-order valence-corrected chi connectivity index (χ4v) is 3.54. The highest BCUT2D eigenvalue weighted by Gasteiger charge is 2.33. The summed E-state index contributed by atoms with van der Waals surface area (Å²) in [4.78, 5) is 3.44. The molecule has 2 aromatic carbocycles. The van der Waals surface area contributed by atoms with Crippen molar-refractivity contribution in [3.63, 3.8) is 0 Å². The summed E-state index contributed by atoms with van der Waals surface area (Å²) in [6, 6.07) is 7.80. The first-order valence-electron chi connectivity index (χ1n) is 9.28. The van der Waals surface area contributed by atoms with Crippen LogP contribution in [0.4, 0.5) is 37.7 Å². The van der Waals surface area contributed by atoms with Gasteiger partial charge in [0.25, 0.3) is 0 Å². The van der Waals surface area contributed by atoms with Gasteiger partial charge in [-0.3, -0.25) is 0 Å². The second-order valence-electron chi connectivity index (χ2n) is 7.24. The van der Waals surface area contributed by atoms with Crippen molar-refractivity contribution >= 4 is 11.4 Å². The van der Waals surface area contributed by atoms with Crippen molar-refractivity contribution in [2.45, 2.75) is 12.7 Å². The monoisotopic (exact) mass is 438 g/mol. The van der Waals surface area contributed by atoms with Gasteiger partial charge in [0.2, 0.25) is 0 Å². The zero-order chi connectivity index (χ0) is 22.3. The van der Waals surface area contributed by atoms with Crippen molar-refractivity contribution in [2.75, 3.05) is 25.0 Å². The van der Waals surface area contributed by atoms with Crippen LogP contribution in [0.15, 0.2) is 42.5 Å².